The summed E-state index contributed by atoms with van der Waals surface area (Å²) in [6.45, 7) is 8.88. The Morgan fingerprint density at radius 2 is 1.77 bits per heavy atom. The Labute approximate surface area is 187 Å². The number of nitrogens with one attached hydrogen (secondary N) is 1. The average molecular weight is 435 g/mol. The van der Waals surface area contributed by atoms with Gasteiger partial charge in [0, 0.05) is 25.0 Å². The molecule has 0 aromatic rings. The third-order valence-corrected chi connectivity index (χ3v) is 9.02. The van der Waals surface area contributed by atoms with E-state index < -0.39 is 6.17 Å². The number of hydrogen-bond donors (Lipinski definition) is 2. The third kappa shape index (κ3) is 4.94. The van der Waals surface area contributed by atoms with Crippen molar-refractivity contribution in [3.8, 4) is 0 Å². The van der Waals surface area contributed by atoms with Crippen LogP contribution in [0.1, 0.15) is 78.6 Å². The summed E-state index contributed by atoms with van der Waals surface area (Å²) in [4.78, 5) is 17.7. The minimum Gasteiger partial charge on any atom is -0.387 e. The molecule has 3 N–H and O–H groups in total. The predicted molar refractivity (Wildman–Crippen MR) is 123 cm³/mol. The van der Waals surface area contributed by atoms with Crippen LogP contribution in [0.2, 0.25) is 0 Å². The molecular formula is C25H43FN4O. The molecule has 2 saturated heterocycles. The van der Waals surface area contributed by atoms with Crippen LogP contribution in [0.15, 0.2) is 0 Å². The van der Waals surface area contributed by atoms with Gasteiger partial charge in [-0.2, -0.15) is 0 Å². The molecule has 6 heteroatoms. The number of carbonyl (C=O) groups is 1. The maximum Gasteiger partial charge on any atom is 0.240 e. The number of nitrogens with zero attached hydrogens (tertiary/aromatic N) is 2. The van der Waals surface area contributed by atoms with E-state index in [4.69, 9.17) is 11.1 Å². The molecule has 2 aliphatic heterocycles. The number of fused-ring (bicyclic) bond motifs is 1. The second kappa shape index (κ2) is 8.99. The summed E-state index contributed by atoms with van der Waals surface area (Å²) in [6.07, 6.45) is 8.49. The van der Waals surface area contributed by atoms with Crippen molar-refractivity contribution in [1.82, 2.24) is 9.80 Å². The highest BCUT2D eigenvalue weighted by Crippen LogP contribution is 2.45. The maximum absolute atomic E-state index is 13.8. The number of rotatable bonds is 4. The Bertz CT molecular complexity index is 669. The van der Waals surface area contributed by atoms with Crippen LogP contribution in [0.25, 0.3) is 0 Å². The Morgan fingerprint density at radius 3 is 2.35 bits per heavy atom. The SMILES string of the molecule is CC(C)(C)C1CCC(CN2C(C(=O)N3CC[C@H](F)C3)CC3CCC(C(=N)N)CC32)CC1. The van der Waals surface area contributed by atoms with E-state index in [-0.39, 0.29) is 24.4 Å². The van der Waals surface area contributed by atoms with Crippen molar-refractivity contribution in [2.45, 2.75) is 96.8 Å². The lowest BCUT2D eigenvalue weighted by Crippen LogP contribution is -2.50. The molecule has 0 aromatic heterocycles. The highest BCUT2D eigenvalue weighted by molar-refractivity contribution is 5.83. The summed E-state index contributed by atoms with van der Waals surface area (Å²) in [5.74, 6) is 2.54. The summed E-state index contributed by atoms with van der Waals surface area (Å²) >= 11 is 0. The van der Waals surface area contributed by atoms with Gasteiger partial charge in [-0.25, -0.2) is 4.39 Å². The molecule has 0 aromatic carbocycles. The zero-order valence-electron chi connectivity index (χ0n) is 19.8. The molecule has 31 heavy (non-hydrogen) atoms. The van der Waals surface area contributed by atoms with Crippen LogP contribution in [-0.2, 0) is 4.79 Å². The second-order valence-corrected chi connectivity index (χ2v) is 12.0. The zero-order valence-corrected chi connectivity index (χ0v) is 19.8. The van der Waals surface area contributed by atoms with Crippen molar-refractivity contribution in [2.24, 2.45) is 34.8 Å². The molecule has 0 spiro atoms. The molecule has 0 radical (unpaired) electrons. The Kier molecular flexibility index (Phi) is 6.67. The fraction of sp³-hybridized carbons (Fsp3) is 0.920. The number of nitrogens with two attached hydrogens (primary N) is 1. The van der Waals surface area contributed by atoms with Crippen LogP contribution in [0.3, 0.4) is 0 Å². The second-order valence-electron chi connectivity index (χ2n) is 12.0. The first kappa shape index (κ1) is 23.0. The number of likely N-dealkylation sites (tertiary alicyclic amines) is 2. The molecule has 2 aliphatic carbocycles. The monoisotopic (exact) mass is 434 g/mol. The first-order valence-corrected chi connectivity index (χ1v) is 12.7. The van der Waals surface area contributed by atoms with Crippen molar-refractivity contribution in [1.29, 1.82) is 5.41 Å². The summed E-state index contributed by atoms with van der Waals surface area (Å²) in [5, 5.41) is 7.98. The normalized spacial score (nSPS) is 39.5. The lowest BCUT2D eigenvalue weighted by molar-refractivity contribution is -0.136. The van der Waals surface area contributed by atoms with Gasteiger partial charge in [-0.1, -0.05) is 20.8 Å². The van der Waals surface area contributed by atoms with Crippen LogP contribution in [0.5, 0.6) is 0 Å². The van der Waals surface area contributed by atoms with Crippen LogP contribution >= 0.6 is 0 Å². The highest BCUT2D eigenvalue weighted by Gasteiger charge is 2.49. The van der Waals surface area contributed by atoms with E-state index in [2.05, 4.69) is 25.7 Å². The number of carbonyl (C=O) groups excluding carboxylic acids is 1. The molecule has 0 bridgehead atoms. The zero-order chi connectivity index (χ0) is 22.3. The van der Waals surface area contributed by atoms with Gasteiger partial charge in [-0.3, -0.25) is 15.1 Å². The number of hydrogen-bond acceptors (Lipinski definition) is 3. The van der Waals surface area contributed by atoms with Gasteiger partial charge in [0.2, 0.25) is 5.91 Å². The lowest BCUT2D eigenvalue weighted by Gasteiger charge is -2.42. The molecular weight excluding hydrogens is 391 g/mol. The third-order valence-electron chi connectivity index (χ3n) is 9.02. The van der Waals surface area contributed by atoms with E-state index in [0.29, 0.717) is 42.1 Å². The molecule has 4 fully saturated rings. The van der Waals surface area contributed by atoms with E-state index in [1.165, 1.54) is 25.7 Å². The summed E-state index contributed by atoms with van der Waals surface area (Å²) in [5.41, 5.74) is 6.27. The minimum absolute atomic E-state index is 0.105. The number of amides is 1. The van der Waals surface area contributed by atoms with Gasteiger partial charge in [-0.05, 0) is 81.0 Å². The average Bonchev–Trinajstić information content (AvgIpc) is 3.31. The summed E-state index contributed by atoms with van der Waals surface area (Å²) in [6, 6.07) is 0.243. The van der Waals surface area contributed by atoms with Gasteiger partial charge >= 0.3 is 0 Å². The van der Waals surface area contributed by atoms with E-state index >= 15 is 0 Å². The van der Waals surface area contributed by atoms with Crippen LogP contribution in [-0.4, -0.2) is 59.4 Å². The molecule has 1 amide bonds. The van der Waals surface area contributed by atoms with Crippen molar-refractivity contribution >= 4 is 11.7 Å². The van der Waals surface area contributed by atoms with E-state index in [9.17, 15) is 9.18 Å². The smallest absolute Gasteiger partial charge is 0.240 e. The van der Waals surface area contributed by atoms with E-state index in [0.717, 1.165) is 38.1 Å². The minimum atomic E-state index is -0.865. The summed E-state index contributed by atoms with van der Waals surface area (Å²) in [7, 11) is 0. The van der Waals surface area contributed by atoms with Gasteiger partial charge in [0.15, 0.2) is 0 Å². The van der Waals surface area contributed by atoms with Gasteiger partial charge in [-0.15, -0.1) is 0 Å². The first-order chi connectivity index (χ1) is 14.6. The van der Waals surface area contributed by atoms with Crippen molar-refractivity contribution < 1.29 is 9.18 Å². The van der Waals surface area contributed by atoms with Gasteiger partial charge in [0.1, 0.15) is 6.17 Å². The van der Waals surface area contributed by atoms with Crippen LogP contribution < -0.4 is 5.73 Å². The Morgan fingerprint density at radius 1 is 1.06 bits per heavy atom. The molecule has 4 unspecified atom stereocenters. The summed E-state index contributed by atoms with van der Waals surface area (Å²) < 4.78 is 13.8. The Hall–Kier alpha value is -1.17. The van der Waals surface area contributed by atoms with Crippen molar-refractivity contribution in [3.63, 3.8) is 0 Å². The van der Waals surface area contributed by atoms with Crippen LogP contribution in [0.4, 0.5) is 4.39 Å². The molecule has 4 rings (SSSR count). The number of halogens is 1. The largest absolute Gasteiger partial charge is 0.387 e. The Balaban J connectivity index is 1.47. The maximum atomic E-state index is 13.8. The topological polar surface area (TPSA) is 73.4 Å². The molecule has 176 valence electrons. The van der Waals surface area contributed by atoms with Gasteiger partial charge < -0.3 is 10.6 Å². The fourth-order valence-electron chi connectivity index (χ4n) is 6.97. The first-order valence-electron chi connectivity index (χ1n) is 12.7. The number of alkyl halides is 1. The van der Waals surface area contributed by atoms with Crippen molar-refractivity contribution in [2.75, 3.05) is 19.6 Å². The number of amidine groups is 1. The van der Waals surface area contributed by atoms with E-state index in [1.54, 1.807) is 4.90 Å². The van der Waals surface area contributed by atoms with Crippen LogP contribution in [0, 0.1) is 34.5 Å². The molecule has 5 nitrogen and oxygen atoms in total. The standard InChI is InChI=1S/C25H43FN4O/c1-25(2,3)19-8-4-16(5-9-19)14-30-21-13-18(23(27)28)7-6-17(21)12-22(30)24(31)29-11-10-20(26)15-29/h16-22H,4-15H2,1-3H3,(H3,27,28)/t16?,17?,18?,19?,20-,21?,22?/m0/s1. The molecule has 2 heterocycles. The van der Waals surface area contributed by atoms with E-state index in [1.807, 2.05) is 0 Å². The lowest BCUT2D eigenvalue weighted by atomic mass is 9.69. The predicted octanol–water partition coefficient (Wildman–Crippen LogP) is 4.20. The van der Waals surface area contributed by atoms with Gasteiger partial charge in [0.05, 0.1) is 18.4 Å². The molecule has 5 atom stereocenters. The quantitative estimate of drug-likeness (QED) is 0.514. The highest BCUT2D eigenvalue weighted by atomic mass is 19.1. The van der Waals surface area contributed by atoms with Crippen molar-refractivity contribution in [3.05, 3.63) is 0 Å². The van der Waals surface area contributed by atoms with Gasteiger partial charge in [0.25, 0.3) is 0 Å². The fourth-order valence-corrected chi connectivity index (χ4v) is 6.97. The molecule has 2 saturated carbocycles. The molecule has 4 aliphatic rings.